The first-order valence-corrected chi connectivity index (χ1v) is 24.2. The van der Waals surface area contributed by atoms with E-state index in [0.717, 1.165) is 24.7 Å². The highest BCUT2D eigenvalue weighted by atomic mass is 19.4. The Morgan fingerprint density at radius 1 is 1.01 bits per heavy atom. The van der Waals surface area contributed by atoms with Crippen molar-refractivity contribution in [1.82, 2.24) is 25.4 Å². The van der Waals surface area contributed by atoms with E-state index in [-0.39, 0.29) is 50.3 Å². The Morgan fingerprint density at radius 3 is 2.23 bits per heavy atom. The van der Waals surface area contributed by atoms with Crippen LogP contribution in [0.2, 0.25) is 0 Å². The number of nitrogens with zero attached hydrogens (tertiary/aromatic N) is 3. The van der Waals surface area contributed by atoms with Gasteiger partial charge in [0.15, 0.2) is 11.4 Å². The second-order valence-corrected chi connectivity index (χ2v) is 19.3. The summed E-state index contributed by atoms with van der Waals surface area (Å²) in [5.41, 5.74) is -2.96. The molecule has 0 bridgehead atoms. The predicted octanol–water partition coefficient (Wildman–Crippen LogP) is 8.39. The summed E-state index contributed by atoms with van der Waals surface area (Å²) >= 11 is 0. The molecule has 1 aliphatic carbocycles. The number of rotatable bonds is 7. The number of morpholine rings is 1. The van der Waals surface area contributed by atoms with Gasteiger partial charge in [-0.1, -0.05) is 66.5 Å². The number of halogens is 3. The molecule has 69 heavy (non-hydrogen) atoms. The van der Waals surface area contributed by atoms with Crippen LogP contribution >= 0.6 is 0 Å². The molecule has 1 spiro atoms. The third kappa shape index (κ3) is 15.4. The van der Waals surface area contributed by atoms with Gasteiger partial charge in [-0.15, -0.1) is 12.8 Å². The van der Waals surface area contributed by atoms with E-state index in [1.807, 2.05) is 46.6 Å². The lowest BCUT2D eigenvalue weighted by molar-refractivity contribution is -0.151. The molecule has 5 heterocycles. The van der Waals surface area contributed by atoms with Crippen LogP contribution in [0.1, 0.15) is 136 Å². The van der Waals surface area contributed by atoms with Crippen molar-refractivity contribution in [2.24, 2.45) is 17.3 Å². The van der Waals surface area contributed by atoms with Gasteiger partial charge in [-0.3, -0.25) is 24.1 Å². The number of pyridine rings is 1. The summed E-state index contributed by atoms with van der Waals surface area (Å²) in [6.07, 6.45) is 12.9. The van der Waals surface area contributed by atoms with Gasteiger partial charge < -0.3 is 39.3 Å². The highest BCUT2D eigenvalue weighted by molar-refractivity contribution is 5.96. The number of carbonyl (C=O) groups is 5. The zero-order chi connectivity index (χ0) is 51.7. The zero-order valence-corrected chi connectivity index (χ0v) is 42.2. The number of fused-ring (bicyclic) bond motifs is 4. The average Bonchev–Trinajstić information content (AvgIpc) is 3.93. The maximum Gasteiger partial charge on any atom is 0.437 e. The molecule has 3 fully saturated rings. The van der Waals surface area contributed by atoms with Gasteiger partial charge in [0.05, 0.1) is 45.4 Å². The van der Waals surface area contributed by atoms with E-state index < -0.39 is 70.5 Å². The number of likely N-dealkylation sites (N-methyl/N-ethyl adjacent to an activating group) is 1. The van der Waals surface area contributed by atoms with Gasteiger partial charge in [-0.25, -0.2) is 4.98 Å². The standard InChI is InChI=1S/C42H56F3N5O8.C5H10.C2H6.C2H2.CH2O/c1-26(2)24-57-33(51)20-27-12-10-8-6-7-9-11-15-40(3,39(54)46-4)48-37(52)32-23-41(25-50(32)38(27)53)22-31(49-16-18-56-19-17-49)34-29-21-28(55-5)13-14-30(29)47-36(35(34)58-41)42(43,44)45;1-5(2)3-4-5;3*1-2/h9,11,13-14,21,26-27,31-32H,6-8,10,12,15-20,22-25H2,1-5H3,(H,46,54)(H,48,52);3-4H2,1-2H3;1-2H3;1-2H;1H2/b11-9-;;;;/t27-,31?,32?,40?,41-;;;;/m1..../s1. The number of nitrogens with one attached hydrogen (secondary N) is 2. The molecule has 3 amide bonds. The first-order valence-electron chi connectivity index (χ1n) is 24.2. The van der Waals surface area contributed by atoms with Crippen LogP contribution in [0.25, 0.3) is 10.9 Å². The van der Waals surface area contributed by atoms with Crippen LogP contribution in [-0.4, -0.2) is 116 Å². The molecule has 2 saturated heterocycles. The van der Waals surface area contributed by atoms with Crippen molar-refractivity contribution in [3.63, 3.8) is 0 Å². The summed E-state index contributed by atoms with van der Waals surface area (Å²) in [6, 6.07) is 2.79. The minimum absolute atomic E-state index is 0.0711. The van der Waals surface area contributed by atoms with Crippen LogP contribution in [0.15, 0.2) is 30.4 Å². The third-order valence-electron chi connectivity index (χ3n) is 13.0. The summed E-state index contributed by atoms with van der Waals surface area (Å²) in [5, 5.41) is 5.97. The molecule has 5 atom stereocenters. The molecule has 17 heteroatoms. The van der Waals surface area contributed by atoms with E-state index in [1.165, 1.54) is 38.0 Å². The lowest BCUT2D eigenvalue weighted by atomic mass is 9.82. The number of methoxy groups -OCH3 is 1. The molecule has 1 aromatic carbocycles. The van der Waals surface area contributed by atoms with Gasteiger partial charge in [0.25, 0.3) is 0 Å². The highest BCUT2D eigenvalue weighted by Crippen LogP contribution is 2.54. The summed E-state index contributed by atoms with van der Waals surface area (Å²) in [4.78, 5) is 71.6. The lowest BCUT2D eigenvalue weighted by Crippen LogP contribution is -2.60. The van der Waals surface area contributed by atoms with Crippen LogP contribution in [0.3, 0.4) is 0 Å². The quantitative estimate of drug-likeness (QED) is 0.156. The SMILES string of the molecule is C#C.C=O.CC.CC1(C)CC1.CNC(=O)C1(C)C/C=C\CCCCC[C@H](CC(=O)OCC(C)C)C(=O)N2C[C@@]3(CC(N4CCOCC4)c4c(c(C(F)(F)F)nc5ccc(OC)cc45)O3)CC2C(=O)N1. The summed E-state index contributed by atoms with van der Waals surface area (Å²) in [6.45, 7) is 17.5. The molecule has 7 rings (SSSR count). The Kier molecular flexibility index (Phi) is 22.0. The van der Waals surface area contributed by atoms with Crippen molar-refractivity contribution >= 4 is 41.4 Å². The topological polar surface area (TPSA) is 166 Å². The van der Waals surface area contributed by atoms with Gasteiger partial charge in [0.1, 0.15) is 29.7 Å². The molecule has 5 aliphatic rings. The number of esters is 1. The van der Waals surface area contributed by atoms with Crippen LogP contribution in [0.4, 0.5) is 13.2 Å². The Morgan fingerprint density at radius 2 is 1.65 bits per heavy atom. The van der Waals surface area contributed by atoms with Gasteiger partial charge in [-0.2, -0.15) is 13.2 Å². The van der Waals surface area contributed by atoms with Crippen molar-refractivity contribution in [2.75, 3.05) is 53.6 Å². The number of aromatic nitrogens is 1. The van der Waals surface area contributed by atoms with E-state index >= 15 is 13.2 Å². The third-order valence-corrected chi connectivity index (χ3v) is 13.0. The van der Waals surface area contributed by atoms with Crippen molar-refractivity contribution in [2.45, 2.75) is 148 Å². The number of hydrogen-bond donors (Lipinski definition) is 2. The van der Waals surface area contributed by atoms with E-state index in [9.17, 15) is 19.2 Å². The Labute approximate surface area is 407 Å². The van der Waals surface area contributed by atoms with Crippen molar-refractivity contribution in [1.29, 1.82) is 0 Å². The van der Waals surface area contributed by atoms with Crippen LogP contribution < -0.4 is 20.1 Å². The Hall–Kier alpha value is -5.21. The molecule has 1 aromatic heterocycles. The maximum absolute atomic E-state index is 15.1. The highest BCUT2D eigenvalue weighted by Gasteiger charge is 2.57. The minimum atomic E-state index is -4.92. The lowest BCUT2D eigenvalue weighted by Gasteiger charge is -2.45. The normalized spacial score (nSPS) is 26.0. The Bertz CT molecular complexity index is 2080. The fourth-order valence-corrected chi connectivity index (χ4v) is 8.97. The number of carbonyl (C=O) groups excluding carboxylic acids is 5. The summed E-state index contributed by atoms with van der Waals surface area (Å²) < 4.78 is 68.7. The first-order chi connectivity index (χ1) is 32.8. The van der Waals surface area contributed by atoms with E-state index in [0.29, 0.717) is 55.8 Å². The fraction of sp³-hybridized carbons (Fsp3) is 0.654. The van der Waals surface area contributed by atoms with Crippen molar-refractivity contribution in [3.05, 3.63) is 41.6 Å². The molecule has 14 nitrogen and oxygen atoms in total. The fourth-order valence-electron chi connectivity index (χ4n) is 8.97. The van der Waals surface area contributed by atoms with Crippen molar-refractivity contribution < 1.29 is 56.1 Å². The van der Waals surface area contributed by atoms with Gasteiger partial charge in [-0.05, 0) is 75.0 Å². The van der Waals surface area contributed by atoms with E-state index in [1.54, 1.807) is 19.1 Å². The number of ether oxygens (including phenoxy) is 4. The number of terminal acetylenes is 1. The van der Waals surface area contributed by atoms with Gasteiger partial charge in [0.2, 0.25) is 17.7 Å². The van der Waals surface area contributed by atoms with Crippen LogP contribution in [0.5, 0.6) is 11.5 Å². The zero-order valence-electron chi connectivity index (χ0n) is 42.2. The van der Waals surface area contributed by atoms with Crippen LogP contribution in [0, 0.1) is 30.1 Å². The van der Waals surface area contributed by atoms with E-state index in [2.05, 4.69) is 47.2 Å². The predicted molar refractivity (Wildman–Crippen MR) is 259 cm³/mol. The minimum Gasteiger partial charge on any atom is -0.497 e. The average molecular weight is 972 g/mol. The molecular weight excluding hydrogens is 896 g/mol. The maximum atomic E-state index is 15.1. The molecule has 0 radical (unpaired) electrons. The van der Waals surface area contributed by atoms with Crippen molar-refractivity contribution in [3.8, 4) is 24.3 Å². The molecule has 3 unspecified atom stereocenters. The Balaban J connectivity index is 0.00000104. The number of allylic oxidation sites excluding steroid dienone is 1. The number of benzene rings is 1. The van der Waals surface area contributed by atoms with Gasteiger partial charge in [0, 0.05) is 55.9 Å². The number of amides is 3. The van der Waals surface area contributed by atoms with E-state index in [4.69, 9.17) is 23.7 Å². The number of hydrogen-bond acceptors (Lipinski definition) is 11. The largest absolute Gasteiger partial charge is 0.497 e. The molecule has 4 aliphatic heterocycles. The van der Waals surface area contributed by atoms with Gasteiger partial charge >= 0.3 is 12.1 Å². The molecule has 1 saturated carbocycles. The molecule has 2 aromatic rings. The second kappa shape index (κ2) is 26.1. The van der Waals surface area contributed by atoms with Crippen LogP contribution in [-0.2, 0) is 39.6 Å². The molecular formula is C52H76F3N5O9. The second-order valence-electron chi connectivity index (χ2n) is 19.3. The monoisotopic (exact) mass is 972 g/mol. The molecule has 2 N–H and O–H groups in total. The molecule has 384 valence electrons. The number of alkyl halides is 3. The first kappa shape index (κ1) is 58.1. The smallest absolute Gasteiger partial charge is 0.437 e. The summed E-state index contributed by atoms with van der Waals surface area (Å²) in [7, 11) is 2.94. The summed E-state index contributed by atoms with van der Waals surface area (Å²) in [5.74, 6) is -2.98.